The van der Waals surface area contributed by atoms with Crippen LogP contribution in [0.2, 0.25) is 0 Å². The minimum atomic E-state index is -3.69. The Balaban J connectivity index is 2.60. The predicted octanol–water partition coefficient (Wildman–Crippen LogP) is 0.436. The van der Waals surface area contributed by atoms with E-state index >= 15 is 0 Å². The number of nitrogens with zero attached hydrogens (tertiary/aromatic N) is 1. The molecule has 0 atom stereocenters. The maximum Gasteiger partial charge on any atom is 0.304 e. The molecule has 0 heterocycles. The van der Waals surface area contributed by atoms with E-state index in [1.807, 2.05) is 0 Å². The first kappa shape index (κ1) is 16.4. The fourth-order valence-electron chi connectivity index (χ4n) is 1.44. The first-order chi connectivity index (χ1) is 9.35. The Morgan fingerprint density at radius 1 is 1.45 bits per heavy atom. The Hall–Kier alpha value is -1.64. The zero-order valence-electron chi connectivity index (χ0n) is 11.4. The molecule has 7 nitrogen and oxygen atoms in total. The van der Waals surface area contributed by atoms with E-state index in [2.05, 4.69) is 4.72 Å². The van der Waals surface area contributed by atoms with Gasteiger partial charge in [-0.05, 0) is 17.7 Å². The Morgan fingerprint density at radius 2 is 2.15 bits per heavy atom. The SMILES string of the molecule is COc1cccc(CNS(=O)(=O)N(C)CCC(=O)O)c1. The molecule has 1 aromatic carbocycles. The Kier molecular flexibility index (Phi) is 5.93. The smallest absolute Gasteiger partial charge is 0.304 e. The van der Waals surface area contributed by atoms with E-state index in [0.717, 1.165) is 9.87 Å². The molecule has 0 radical (unpaired) electrons. The van der Waals surface area contributed by atoms with Gasteiger partial charge in [0.2, 0.25) is 0 Å². The molecule has 0 unspecified atom stereocenters. The third-order valence-electron chi connectivity index (χ3n) is 2.64. The van der Waals surface area contributed by atoms with Crippen LogP contribution in [-0.4, -0.2) is 44.5 Å². The molecule has 112 valence electrons. The summed E-state index contributed by atoms with van der Waals surface area (Å²) in [5.41, 5.74) is 0.750. The lowest BCUT2D eigenvalue weighted by Gasteiger charge is -2.16. The number of hydrogen-bond donors (Lipinski definition) is 2. The number of carboxylic acid groups (broad SMARTS) is 1. The standard InChI is InChI=1S/C12H18N2O5S/c1-14(7-6-12(15)16)20(17,18)13-9-10-4-3-5-11(8-10)19-2/h3-5,8,13H,6-7,9H2,1-2H3,(H,15,16). The van der Waals surface area contributed by atoms with Gasteiger partial charge < -0.3 is 9.84 Å². The van der Waals surface area contributed by atoms with Gasteiger partial charge in [0.1, 0.15) is 5.75 Å². The van der Waals surface area contributed by atoms with Gasteiger partial charge in [0.25, 0.3) is 10.2 Å². The van der Waals surface area contributed by atoms with Gasteiger partial charge in [-0.25, -0.2) is 0 Å². The largest absolute Gasteiger partial charge is 0.497 e. The van der Waals surface area contributed by atoms with Gasteiger partial charge in [-0.3, -0.25) is 4.79 Å². The van der Waals surface area contributed by atoms with Crippen LogP contribution < -0.4 is 9.46 Å². The van der Waals surface area contributed by atoms with E-state index < -0.39 is 16.2 Å². The second kappa shape index (κ2) is 7.22. The highest BCUT2D eigenvalue weighted by Gasteiger charge is 2.17. The van der Waals surface area contributed by atoms with Crippen LogP contribution in [0.3, 0.4) is 0 Å². The van der Waals surface area contributed by atoms with E-state index in [-0.39, 0.29) is 19.5 Å². The number of carbonyl (C=O) groups is 1. The molecule has 0 amide bonds. The molecule has 8 heteroatoms. The number of carboxylic acids is 1. The average molecular weight is 302 g/mol. The van der Waals surface area contributed by atoms with Gasteiger partial charge in [-0.1, -0.05) is 12.1 Å². The molecule has 0 spiro atoms. The minimum Gasteiger partial charge on any atom is -0.497 e. The van der Waals surface area contributed by atoms with Crippen LogP contribution in [-0.2, 0) is 21.5 Å². The monoisotopic (exact) mass is 302 g/mol. The maximum atomic E-state index is 11.9. The van der Waals surface area contributed by atoms with Crippen molar-refractivity contribution in [2.24, 2.45) is 0 Å². The van der Waals surface area contributed by atoms with Crippen molar-refractivity contribution in [2.45, 2.75) is 13.0 Å². The molecule has 0 aromatic heterocycles. The van der Waals surface area contributed by atoms with Gasteiger partial charge in [0.05, 0.1) is 13.5 Å². The highest BCUT2D eigenvalue weighted by atomic mass is 32.2. The van der Waals surface area contributed by atoms with Crippen molar-refractivity contribution in [1.82, 2.24) is 9.03 Å². The molecule has 0 saturated heterocycles. The van der Waals surface area contributed by atoms with E-state index in [4.69, 9.17) is 9.84 Å². The first-order valence-electron chi connectivity index (χ1n) is 5.91. The molecule has 0 aliphatic rings. The average Bonchev–Trinajstić information content (AvgIpc) is 2.42. The molecule has 0 aliphatic carbocycles. The van der Waals surface area contributed by atoms with Crippen LogP contribution in [0, 0.1) is 0 Å². The van der Waals surface area contributed by atoms with E-state index in [0.29, 0.717) is 5.75 Å². The van der Waals surface area contributed by atoms with Gasteiger partial charge >= 0.3 is 5.97 Å². The van der Waals surface area contributed by atoms with Crippen LogP contribution in [0.5, 0.6) is 5.75 Å². The lowest BCUT2D eigenvalue weighted by molar-refractivity contribution is -0.137. The highest BCUT2D eigenvalue weighted by molar-refractivity contribution is 7.87. The second-order valence-corrected chi connectivity index (χ2v) is 6.01. The molecular formula is C12H18N2O5S. The van der Waals surface area contributed by atoms with Crippen molar-refractivity contribution in [3.63, 3.8) is 0 Å². The number of benzene rings is 1. The third kappa shape index (κ3) is 5.16. The Bertz CT molecular complexity index is 559. The third-order valence-corrected chi connectivity index (χ3v) is 4.16. The van der Waals surface area contributed by atoms with Crippen LogP contribution in [0.15, 0.2) is 24.3 Å². The number of hydrogen-bond acceptors (Lipinski definition) is 4. The molecule has 0 fully saturated rings. The Labute approximate surface area is 118 Å². The fraction of sp³-hybridized carbons (Fsp3) is 0.417. The summed E-state index contributed by atoms with van der Waals surface area (Å²) in [6.45, 7) is 0.0275. The zero-order chi connectivity index (χ0) is 15.2. The molecule has 0 bridgehead atoms. The summed E-state index contributed by atoms with van der Waals surface area (Å²) in [4.78, 5) is 10.4. The topological polar surface area (TPSA) is 95.9 Å². The first-order valence-corrected chi connectivity index (χ1v) is 7.35. The maximum absolute atomic E-state index is 11.9. The van der Waals surface area contributed by atoms with Crippen molar-refractivity contribution in [3.05, 3.63) is 29.8 Å². The van der Waals surface area contributed by atoms with Crippen molar-refractivity contribution in [1.29, 1.82) is 0 Å². The number of nitrogens with one attached hydrogen (secondary N) is 1. The molecule has 1 rings (SSSR count). The normalized spacial score (nSPS) is 11.6. The lowest BCUT2D eigenvalue weighted by atomic mass is 10.2. The molecule has 0 saturated carbocycles. The quantitative estimate of drug-likeness (QED) is 0.726. The molecule has 20 heavy (non-hydrogen) atoms. The van der Waals surface area contributed by atoms with Crippen molar-refractivity contribution < 1.29 is 23.1 Å². The number of rotatable bonds is 8. The van der Waals surface area contributed by atoms with Crippen molar-refractivity contribution >= 4 is 16.2 Å². The van der Waals surface area contributed by atoms with Crippen molar-refractivity contribution in [3.8, 4) is 5.75 Å². The second-order valence-electron chi connectivity index (χ2n) is 4.14. The molecular weight excluding hydrogens is 284 g/mol. The molecule has 0 aliphatic heterocycles. The molecule has 2 N–H and O–H groups in total. The van der Waals surface area contributed by atoms with Gasteiger partial charge in [-0.15, -0.1) is 0 Å². The van der Waals surface area contributed by atoms with E-state index in [1.54, 1.807) is 24.3 Å². The van der Waals surface area contributed by atoms with Gasteiger partial charge in [-0.2, -0.15) is 17.4 Å². The highest BCUT2D eigenvalue weighted by Crippen LogP contribution is 2.12. The van der Waals surface area contributed by atoms with Crippen molar-refractivity contribution in [2.75, 3.05) is 20.7 Å². The summed E-state index contributed by atoms with van der Waals surface area (Å²) in [6, 6.07) is 7.01. The predicted molar refractivity (Wildman–Crippen MR) is 73.6 cm³/mol. The van der Waals surface area contributed by atoms with Gasteiger partial charge in [0.15, 0.2) is 0 Å². The van der Waals surface area contributed by atoms with E-state index in [9.17, 15) is 13.2 Å². The fourth-order valence-corrected chi connectivity index (χ4v) is 2.34. The summed E-state index contributed by atoms with van der Waals surface area (Å²) < 4.78 is 32.1. The summed E-state index contributed by atoms with van der Waals surface area (Å²) in [5, 5.41) is 8.54. The van der Waals surface area contributed by atoms with Crippen LogP contribution in [0.25, 0.3) is 0 Å². The summed E-state index contributed by atoms with van der Waals surface area (Å²) in [5.74, 6) is -0.402. The van der Waals surface area contributed by atoms with Crippen LogP contribution in [0.4, 0.5) is 0 Å². The zero-order valence-corrected chi connectivity index (χ0v) is 12.2. The number of ether oxygens (including phenoxy) is 1. The number of methoxy groups -OCH3 is 1. The van der Waals surface area contributed by atoms with Crippen LogP contribution >= 0.6 is 0 Å². The Morgan fingerprint density at radius 3 is 2.75 bits per heavy atom. The number of aliphatic carboxylic acids is 1. The summed E-state index contributed by atoms with van der Waals surface area (Å²) in [6.07, 6.45) is -0.240. The van der Waals surface area contributed by atoms with Gasteiger partial charge in [0, 0.05) is 20.1 Å². The minimum absolute atomic E-state index is 0.0806. The summed E-state index contributed by atoms with van der Waals surface area (Å²) >= 11 is 0. The lowest BCUT2D eigenvalue weighted by Crippen LogP contribution is -2.38. The molecule has 1 aromatic rings. The van der Waals surface area contributed by atoms with E-state index in [1.165, 1.54) is 14.2 Å². The summed E-state index contributed by atoms with van der Waals surface area (Å²) in [7, 11) is -0.834. The van der Waals surface area contributed by atoms with Crippen LogP contribution in [0.1, 0.15) is 12.0 Å².